The standard InChI is InChI=1S/C18H18N2O3S/c21-17(12-16-18(22)19-10-11-24-16)20-13-6-8-15(9-7-13)23-14-4-2-1-3-5-14/h1-9,16H,10-12H2,(H,19,22)(H,20,21)/t16-/m1/s1. The fraction of sp³-hybridized carbons (Fsp3) is 0.222. The predicted octanol–water partition coefficient (Wildman–Crippen LogP) is 3.04. The summed E-state index contributed by atoms with van der Waals surface area (Å²) in [7, 11) is 0. The second-order valence-corrected chi connectivity index (χ2v) is 6.65. The van der Waals surface area contributed by atoms with Gasteiger partial charge in [-0.25, -0.2) is 0 Å². The van der Waals surface area contributed by atoms with Crippen molar-refractivity contribution in [1.29, 1.82) is 0 Å². The fourth-order valence-electron chi connectivity index (χ4n) is 2.33. The van der Waals surface area contributed by atoms with Crippen molar-refractivity contribution in [2.75, 3.05) is 17.6 Å². The first-order valence-corrected chi connectivity index (χ1v) is 8.78. The molecule has 0 aliphatic carbocycles. The van der Waals surface area contributed by atoms with Crippen molar-refractivity contribution in [3.63, 3.8) is 0 Å². The maximum absolute atomic E-state index is 12.1. The van der Waals surface area contributed by atoms with Gasteiger partial charge >= 0.3 is 0 Å². The number of anilines is 1. The normalized spacial score (nSPS) is 17.0. The Balaban J connectivity index is 1.54. The molecule has 1 atom stereocenters. The van der Waals surface area contributed by atoms with Gasteiger partial charge < -0.3 is 15.4 Å². The number of hydrogen-bond donors (Lipinski definition) is 2. The monoisotopic (exact) mass is 342 g/mol. The molecule has 6 heteroatoms. The number of carbonyl (C=O) groups is 2. The van der Waals surface area contributed by atoms with Crippen molar-refractivity contribution in [1.82, 2.24) is 5.32 Å². The number of benzene rings is 2. The molecule has 2 amide bonds. The van der Waals surface area contributed by atoms with E-state index < -0.39 is 0 Å². The minimum atomic E-state index is -0.306. The number of rotatable bonds is 5. The Morgan fingerprint density at radius 2 is 1.83 bits per heavy atom. The first-order valence-electron chi connectivity index (χ1n) is 7.73. The van der Waals surface area contributed by atoms with Crippen LogP contribution in [0.5, 0.6) is 11.5 Å². The molecule has 1 saturated heterocycles. The van der Waals surface area contributed by atoms with Crippen LogP contribution in [0.25, 0.3) is 0 Å². The Kier molecular flexibility index (Phi) is 5.38. The van der Waals surface area contributed by atoms with Gasteiger partial charge in [0.25, 0.3) is 0 Å². The van der Waals surface area contributed by atoms with Crippen LogP contribution in [0.1, 0.15) is 6.42 Å². The van der Waals surface area contributed by atoms with Gasteiger partial charge in [-0.1, -0.05) is 18.2 Å². The van der Waals surface area contributed by atoms with Gasteiger partial charge in [-0.3, -0.25) is 9.59 Å². The summed E-state index contributed by atoms with van der Waals surface area (Å²) in [6.45, 7) is 0.671. The first-order chi connectivity index (χ1) is 11.7. The molecule has 124 valence electrons. The Morgan fingerprint density at radius 1 is 1.12 bits per heavy atom. The van der Waals surface area contributed by atoms with Gasteiger partial charge in [-0.15, -0.1) is 11.8 Å². The molecule has 24 heavy (non-hydrogen) atoms. The number of ether oxygens (including phenoxy) is 1. The fourth-order valence-corrected chi connectivity index (χ4v) is 3.34. The zero-order chi connectivity index (χ0) is 16.8. The zero-order valence-corrected chi connectivity index (χ0v) is 13.8. The lowest BCUT2D eigenvalue weighted by Gasteiger charge is -2.20. The van der Waals surface area contributed by atoms with Crippen molar-refractivity contribution in [3.8, 4) is 11.5 Å². The zero-order valence-electron chi connectivity index (χ0n) is 13.0. The van der Waals surface area contributed by atoms with E-state index in [1.165, 1.54) is 11.8 Å². The summed E-state index contributed by atoms with van der Waals surface area (Å²) in [5.41, 5.74) is 0.682. The summed E-state index contributed by atoms with van der Waals surface area (Å²) in [6, 6.07) is 16.7. The van der Waals surface area contributed by atoms with Crippen molar-refractivity contribution in [3.05, 3.63) is 54.6 Å². The van der Waals surface area contributed by atoms with Crippen molar-refractivity contribution in [2.24, 2.45) is 0 Å². The van der Waals surface area contributed by atoms with Gasteiger partial charge in [0.1, 0.15) is 11.5 Å². The number of amides is 2. The van der Waals surface area contributed by atoms with Crippen LogP contribution < -0.4 is 15.4 Å². The molecule has 2 aromatic carbocycles. The van der Waals surface area contributed by atoms with Gasteiger partial charge in [0.15, 0.2) is 0 Å². The second kappa shape index (κ2) is 7.88. The Hall–Kier alpha value is -2.47. The van der Waals surface area contributed by atoms with Crippen LogP contribution in [0.4, 0.5) is 5.69 Å². The molecule has 0 bridgehead atoms. The number of para-hydroxylation sites is 1. The highest BCUT2D eigenvalue weighted by Crippen LogP contribution is 2.23. The van der Waals surface area contributed by atoms with Crippen LogP contribution in [0, 0.1) is 0 Å². The lowest BCUT2D eigenvalue weighted by atomic mass is 10.2. The van der Waals surface area contributed by atoms with Crippen LogP contribution in [0.3, 0.4) is 0 Å². The van der Waals surface area contributed by atoms with Crippen molar-refractivity contribution in [2.45, 2.75) is 11.7 Å². The van der Waals surface area contributed by atoms with Gasteiger partial charge in [0.05, 0.1) is 5.25 Å². The Bertz CT molecular complexity index is 704. The van der Waals surface area contributed by atoms with Crippen LogP contribution >= 0.6 is 11.8 Å². The smallest absolute Gasteiger partial charge is 0.233 e. The summed E-state index contributed by atoms with van der Waals surface area (Å²) < 4.78 is 5.70. The number of thioether (sulfide) groups is 1. The molecule has 0 saturated carbocycles. The molecule has 0 radical (unpaired) electrons. The van der Waals surface area contributed by atoms with Gasteiger partial charge in [0.2, 0.25) is 11.8 Å². The second-order valence-electron chi connectivity index (χ2n) is 5.34. The van der Waals surface area contributed by atoms with Crippen molar-refractivity contribution >= 4 is 29.3 Å². The van der Waals surface area contributed by atoms with E-state index in [1.54, 1.807) is 24.3 Å². The molecule has 0 unspecified atom stereocenters. The summed E-state index contributed by atoms with van der Waals surface area (Å²) in [5, 5.41) is 5.28. The minimum absolute atomic E-state index is 0.0620. The van der Waals surface area contributed by atoms with E-state index >= 15 is 0 Å². The summed E-state index contributed by atoms with van der Waals surface area (Å²) in [6.07, 6.45) is 0.179. The van der Waals surface area contributed by atoms with Crippen LogP contribution in [0.15, 0.2) is 54.6 Å². The molecule has 2 aromatic rings. The lowest BCUT2D eigenvalue weighted by molar-refractivity contribution is -0.123. The average molecular weight is 342 g/mol. The highest BCUT2D eigenvalue weighted by molar-refractivity contribution is 8.00. The lowest BCUT2D eigenvalue weighted by Crippen LogP contribution is -2.40. The molecule has 1 fully saturated rings. The van der Waals surface area contributed by atoms with E-state index in [0.717, 1.165) is 11.5 Å². The van der Waals surface area contributed by atoms with Gasteiger partial charge in [-0.05, 0) is 36.4 Å². The van der Waals surface area contributed by atoms with E-state index in [1.807, 2.05) is 30.3 Å². The Morgan fingerprint density at radius 3 is 2.54 bits per heavy atom. The number of hydrogen-bond acceptors (Lipinski definition) is 4. The van der Waals surface area contributed by atoms with E-state index in [0.29, 0.717) is 18.0 Å². The molecule has 3 rings (SSSR count). The van der Waals surface area contributed by atoms with E-state index in [2.05, 4.69) is 10.6 Å². The SMILES string of the molecule is O=C(C[C@H]1SCCNC1=O)Nc1ccc(Oc2ccccc2)cc1. The average Bonchev–Trinajstić information content (AvgIpc) is 2.60. The van der Waals surface area contributed by atoms with Gasteiger partial charge in [-0.2, -0.15) is 0 Å². The van der Waals surface area contributed by atoms with Gasteiger partial charge in [0, 0.05) is 24.4 Å². The number of carbonyl (C=O) groups excluding carboxylic acids is 2. The molecule has 0 aromatic heterocycles. The van der Waals surface area contributed by atoms with Crippen molar-refractivity contribution < 1.29 is 14.3 Å². The molecular formula is C18H18N2O3S. The quantitative estimate of drug-likeness (QED) is 0.876. The predicted molar refractivity (Wildman–Crippen MR) is 95.5 cm³/mol. The summed E-state index contributed by atoms with van der Waals surface area (Å²) in [4.78, 5) is 23.7. The third kappa shape index (κ3) is 4.52. The summed E-state index contributed by atoms with van der Waals surface area (Å²) in [5.74, 6) is 2.07. The van der Waals surface area contributed by atoms with Crippen LogP contribution in [-0.4, -0.2) is 29.4 Å². The molecule has 1 heterocycles. The van der Waals surface area contributed by atoms with Crippen LogP contribution in [0.2, 0.25) is 0 Å². The topological polar surface area (TPSA) is 67.4 Å². The Labute approximate surface area is 144 Å². The largest absolute Gasteiger partial charge is 0.457 e. The van der Waals surface area contributed by atoms with E-state index in [-0.39, 0.29) is 23.5 Å². The summed E-state index contributed by atoms with van der Waals surface area (Å²) >= 11 is 1.52. The van der Waals surface area contributed by atoms with E-state index in [9.17, 15) is 9.59 Å². The molecule has 5 nitrogen and oxygen atoms in total. The number of nitrogens with one attached hydrogen (secondary N) is 2. The molecular weight excluding hydrogens is 324 g/mol. The highest BCUT2D eigenvalue weighted by Gasteiger charge is 2.25. The molecule has 1 aliphatic heterocycles. The molecule has 2 N–H and O–H groups in total. The van der Waals surface area contributed by atoms with E-state index in [4.69, 9.17) is 4.74 Å². The first kappa shape index (κ1) is 16.4. The van der Waals surface area contributed by atoms with Crippen LogP contribution in [-0.2, 0) is 9.59 Å². The highest BCUT2D eigenvalue weighted by atomic mass is 32.2. The maximum atomic E-state index is 12.1. The molecule has 0 spiro atoms. The minimum Gasteiger partial charge on any atom is -0.457 e. The maximum Gasteiger partial charge on any atom is 0.233 e. The third-order valence-electron chi connectivity index (χ3n) is 3.50. The third-order valence-corrected chi connectivity index (χ3v) is 4.72. The molecule has 1 aliphatic rings.